The van der Waals surface area contributed by atoms with Crippen molar-refractivity contribution < 1.29 is 13.7 Å². The molecule has 0 saturated carbocycles. The predicted molar refractivity (Wildman–Crippen MR) is 39.5 cm³/mol. The maximum Gasteiger partial charge on any atom is 0.316 e. The van der Waals surface area contributed by atoms with Crippen molar-refractivity contribution in [1.29, 1.82) is 0 Å². The van der Waals surface area contributed by atoms with Gasteiger partial charge >= 0.3 is 5.69 Å². The monoisotopic (exact) mass is 191 g/mol. The van der Waals surface area contributed by atoms with Crippen molar-refractivity contribution in [2.24, 2.45) is 0 Å². The molecule has 0 N–H and O–H groups in total. The summed E-state index contributed by atoms with van der Waals surface area (Å²) in [6, 6.07) is 0. The number of nitrogens with zero attached hydrogens (tertiary/aromatic N) is 3. The number of hydrogen-bond donors (Lipinski definition) is 0. The number of aryl methyl sites for hydroxylation is 1. The van der Waals surface area contributed by atoms with Crippen molar-refractivity contribution in [3.8, 4) is 0 Å². The second-order valence-electron chi connectivity index (χ2n) is 2.31. The van der Waals surface area contributed by atoms with E-state index in [4.69, 9.17) is 0 Å². The Kier molecular flexibility index (Phi) is 2.54. The Balaban J connectivity index is 3.15. The van der Waals surface area contributed by atoms with Crippen molar-refractivity contribution in [1.82, 2.24) is 9.78 Å². The zero-order chi connectivity index (χ0) is 10.0. The van der Waals surface area contributed by atoms with Crippen LogP contribution in [0.1, 0.15) is 19.0 Å². The Morgan fingerprint density at radius 1 is 1.77 bits per heavy atom. The predicted octanol–water partition coefficient (Wildman–Crippen LogP) is 1.75. The minimum Gasteiger partial charge on any atom is -0.265 e. The number of halogens is 2. The van der Waals surface area contributed by atoms with E-state index in [1.165, 1.54) is 0 Å². The maximum absolute atomic E-state index is 12.2. The summed E-state index contributed by atoms with van der Waals surface area (Å²) in [7, 11) is 0. The van der Waals surface area contributed by atoms with Gasteiger partial charge in [-0.05, 0) is 6.92 Å². The minimum atomic E-state index is -2.91. The van der Waals surface area contributed by atoms with Gasteiger partial charge < -0.3 is 0 Å². The molecule has 0 atom stereocenters. The zero-order valence-electron chi connectivity index (χ0n) is 6.78. The molecule has 0 saturated heterocycles. The summed E-state index contributed by atoms with van der Waals surface area (Å²) in [6.07, 6.45) is -1.91. The van der Waals surface area contributed by atoms with Gasteiger partial charge in [0.05, 0.1) is 4.92 Å². The summed E-state index contributed by atoms with van der Waals surface area (Å²) in [5.41, 5.74) is -1.40. The quantitative estimate of drug-likeness (QED) is 0.540. The second-order valence-corrected chi connectivity index (χ2v) is 2.31. The van der Waals surface area contributed by atoms with Gasteiger partial charge in [-0.1, -0.05) is 0 Å². The normalized spacial score (nSPS) is 10.8. The van der Waals surface area contributed by atoms with Gasteiger partial charge in [-0.15, -0.1) is 0 Å². The molecule has 1 aromatic heterocycles. The lowest BCUT2D eigenvalue weighted by Crippen LogP contribution is -1.96. The Morgan fingerprint density at radius 2 is 2.38 bits per heavy atom. The lowest BCUT2D eigenvalue weighted by atomic mass is 10.4. The SMILES string of the molecule is CCn1cc([N+](=O)[O-])c(C(F)F)n1. The third kappa shape index (κ3) is 1.79. The number of rotatable bonds is 3. The van der Waals surface area contributed by atoms with E-state index in [0.29, 0.717) is 6.54 Å². The molecule has 0 aliphatic rings. The molecule has 0 aliphatic carbocycles. The van der Waals surface area contributed by atoms with E-state index < -0.39 is 22.7 Å². The maximum atomic E-state index is 12.2. The van der Waals surface area contributed by atoms with Gasteiger partial charge in [0.25, 0.3) is 6.43 Å². The van der Waals surface area contributed by atoms with Crippen LogP contribution in [-0.4, -0.2) is 14.7 Å². The molecule has 7 heteroatoms. The van der Waals surface area contributed by atoms with E-state index in [1.807, 2.05) is 0 Å². The van der Waals surface area contributed by atoms with Gasteiger partial charge in [-0.3, -0.25) is 14.8 Å². The Hall–Kier alpha value is -1.53. The van der Waals surface area contributed by atoms with E-state index in [9.17, 15) is 18.9 Å². The highest BCUT2D eigenvalue weighted by Crippen LogP contribution is 2.26. The van der Waals surface area contributed by atoms with Crippen molar-refractivity contribution in [3.63, 3.8) is 0 Å². The smallest absolute Gasteiger partial charge is 0.265 e. The Bertz CT molecular complexity index is 324. The minimum absolute atomic E-state index is 0.327. The van der Waals surface area contributed by atoms with Crippen LogP contribution >= 0.6 is 0 Å². The first-order valence-electron chi connectivity index (χ1n) is 3.56. The molecule has 0 aliphatic heterocycles. The molecule has 0 unspecified atom stereocenters. The van der Waals surface area contributed by atoms with Crippen LogP contribution in [0.2, 0.25) is 0 Å². The van der Waals surface area contributed by atoms with Gasteiger partial charge in [0.15, 0.2) is 0 Å². The van der Waals surface area contributed by atoms with Crippen molar-refractivity contribution in [3.05, 3.63) is 22.0 Å². The third-order valence-corrected chi connectivity index (χ3v) is 1.50. The fourth-order valence-corrected chi connectivity index (χ4v) is 0.884. The number of nitro groups is 1. The van der Waals surface area contributed by atoms with Crippen LogP contribution in [0.25, 0.3) is 0 Å². The van der Waals surface area contributed by atoms with E-state index in [1.54, 1.807) is 6.92 Å². The first-order valence-corrected chi connectivity index (χ1v) is 3.56. The average Bonchev–Trinajstić information content (AvgIpc) is 2.47. The largest absolute Gasteiger partial charge is 0.316 e. The second kappa shape index (κ2) is 3.46. The molecule has 1 aromatic rings. The summed E-state index contributed by atoms with van der Waals surface area (Å²) in [5, 5.41) is 13.6. The van der Waals surface area contributed by atoms with Crippen LogP contribution in [0.4, 0.5) is 14.5 Å². The third-order valence-electron chi connectivity index (χ3n) is 1.50. The molecule has 5 nitrogen and oxygen atoms in total. The fourth-order valence-electron chi connectivity index (χ4n) is 0.884. The van der Waals surface area contributed by atoms with E-state index >= 15 is 0 Å². The molecular weight excluding hydrogens is 184 g/mol. The van der Waals surface area contributed by atoms with Gasteiger partial charge in [-0.25, -0.2) is 8.78 Å². The standard InChI is InChI=1S/C6H7F2N3O2/c1-2-10-3-4(11(12)13)5(9-10)6(7)8/h3,6H,2H2,1H3. The highest BCUT2D eigenvalue weighted by atomic mass is 19.3. The van der Waals surface area contributed by atoms with Crippen LogP contribution < -0.4 is 0 Å². The van der Waals surface area contributed by atoms with Crippen molar-refractivity contribution >= 4 is 5.69 Å². The van der Waals surface area contributed by atoms with Crippen LogP contribution in [-0.2, 0) is 6.54 Å². The van der Waals surface area contributed by atoms with Gasteiger partial charge in [0.2, 0.25) is 5.69 Å². The molecule has 0 fully saturated rings. The summed E-state index contributed by atoms with van der Waals surface area (Å²) in [5.74, 6) is 0. The summed E-state index contributed by atoms with van der Waals surface area (Å²) >= 11 is 0. The summed E-state index contributed by atoms with van der Waals surface area (Å²) in [6.45, 7) is 1.99. The summed E-state index contributed by atoms with van der Waals surface area (Å²) in [4.78, 5) is 9.41. The van der Waals surface area contributed by atoms with Gasteiger partial charge in [0, 0.05) is 6.54 Å². The first kappa shape index (κ1) is 9.56. The Morgan fingerprint density at radius 3 is 2.69 bits per heavy atom. The fraction of sp³-hybridized carbons (Fsp3) is 0.500. The van der Waals surface area contributed by atoms with Crippen LogP contribution in [0.15, 0.2) is 6.20 Å². The molecule has 1 rings (SSSR count). The van der Waals surface area contributed by atoms with Crippen LogP contribution in [0.3, 0.4) is 0 Å². The molecule has 0 bridgehead atoms. The zero-order valence-corrected chi connectivity index (χ0v) is 6.78. The van der Waals surface area contributed by atoms with Gasteiger partial charge in [-0.2, -0.15) is 5.10 Å². The molecule has 0 amide bonds. The highest BCUT2D eigenvalue weighted by molar-refractivity contribution is 5.33. The average molecular weight is 191 g/mol. The van der Waals surface area contributed by atoms with Gasteiger partial charge in [0.1, 0.15) is 6.20 Å². The number of aromatic nitrogens is 2. The molecule has 0 aromatic carbocycles. The van der Waals surface area contributed by atoms with Crippen LogP contribution in [0.5, 0.6) is 0 Å². The number of hydrogen-bond acceptors (Lipinski definition) is 3. The highest BCUT2D eigenvalue weighted by Gasteiger charge is 2.26. The van der Waals surface area contributed by atoms with E-state index in [2.05, 4.69) is 5.10 Å². The molecule has 1 heterocycles. The van der Waals surface area contributed by atoms with E-state index in [-0.39, 0.29) is 0 Å². The van der Waals surface area contributed by atoms with E-state index in [0.717, 1.165) is 10.9 Å². The molecule has 13 heavy (non-hydrogen) atoms. The lowest BCUT2D eigenvalue weighted by molar-refractivity contribution is -0.386. The van der Waals surface area contributed by atoms with Crippen LogP contribution in [0, 0.1) is 10.1 Å². The number of alkyl halides is 2. The first-order chi connectivity index (χ1) is 6.06. The Labute approximate surface area is 72.1 Å². The topological polar surface area (TPSA) is 61.0 Å². The molecule has 72 valence electrons. The molecule has 0 radical (unpaired) electrons. The van der Waals surface area contributed by atoms with Crippen molar-refractivity contribution in [2.45, 2.75) is 19.9 Å². The molecule has 0 spiro atoms. The van der Waals surface area contributed by atoms with Crippen molar-refractivity contribution in [2.75, 3.05) is 0 Å². The molecular formula is C6H7F2N3O2. The summed E-state index contributed by atoms with van der Waals surface area (Å²) < 4.78 is 25.4. The lowest BCUT2D eigenvalue weighted by Gasteiger charge is -1.91.